The summed E-state index contributed by atoms with van der Waals surface area (Å²) in [5.41, 5.74) is 2.57. The molecule has 0 aliphatic carbocycles. The van der Waals surface area contributed by atoms with Gasteiger partial charge in [0.15, 0.2) is 0 Å². The van der Waals surface area contributed by atoms with Crippen LogP contribution in [-0.4, -0.2) is 0 Å². The Bertz CT molecular complexity index is 1210. The molecule has 0 amide bonds. The van der Waals surface area contributed by atoms with Gasteiger partial charge in [0, 0.05) is 15.3 Å². The Morgan fingerprint density at radius 3 is 1.89 bits per heavy atom. The molecule has 0 aliphatic rings. The highest BCUT2D eigenvalue weighted by Crippen LogP contribution is 2.39. The Hall–Kier alpha value is -3.16. The number of hydrogen-bond donors (Lipinski definition) is 0. The predicted molar refractivity (Wildman–Crippen MR) is 120 cm³/mol. The summed E-state index contributed by atoms with van der Waals surface area (Å²) in [4.78, 5) is 2.58. The van der Waals surface area contributed by atoms with Gasteiger partial charge in [-0.15, -0.1) is 11.3 Å². The first-order valence-electron chi connectivity index (χ1n) is 9.12. The average Bonchev–Trinajstić information content (AvgIpc) is 3.20. The van der Waals surface area contributed by atoms with Crippen molar-refractivity contribution in [3.05, 3.63) is 108 Å². The zero-order chi connectivity index (χ0) is 18.1. The number of benzene rings is 4. The second kappa shape index (κ2) is 6.86. The lowest BCUT2D eigenvalue weighted by Gasteiger charge is -2.10. The highest BCUT2D eigenvalue weighted by molar-refractivity contribution is 7.16. The summed E-state index contributed by atoms with van der Waals surface area (Å²) >= 11 is 1.85. The van der Waals surface area contributed by atoms with Crippen LogP contribution in [0.2, 0.25) is 0 Å². The molecule has 1 heteroatoms. The molecule has 5 aromatic rings. The van der Waals surface area contributed by atoms with Crippen LogP contribution >= 0.6 is 11.3 Å². The fourth-order valence-electron chi connectivity index (χ4n) is 3.60. The molecule has 0 atom stereocenters. The first-order chi connectivity index (χ1) is 13.4. The van der Waals surface area contributed by atoms with Crippen molar-refractivity contribution in [3.8, 4) is 10.4 Å². The first kappa shape index (κ1) is 16.0. The van der Waals surface area contributed by atoms with Gasteiger partial charge >= 0.3 is 0 Å². The van der Waals surface area contributed by atoms with Gasteiger partial charge in [-0.25, -0.2) is 0 Å². The quantitative estimate of drug-likeness (QED) is 0.286. The molecule has 0 bridgehead atoms. The molecule has 0 fully saturated rings. The summed E-state index contributed by atoms with van der Waals surface area (Å²) in [7, 11) is 0. The van der Waals surface area contributed by atoms with E-state index in [1.165, 1.54) is 42.4 Å². The molecule has 0 spiro atoms. The van der Waals surface area contributed by atoms with E-state index in [0.717, 1.165) is 0 Å². The topological polar surface area (TPSA) is 0 Å². The van der Waals surface area contributed by atoms with Crippen LogP contribution in [0.5, 0.6) is 0 Å². The monoisotopic (exact) mass is 362 g/mol. The van der Waals surface area contributed by atoms with Crippen LogP contribution in [0.4, 0.5) is 0 Å². The van der Waals surface area contributed by atoms with Crippen LogP contribution in [0.25, 0.3) is 44.1 Å². The van der Waals surface area contributed by atoms with Crippen molar-refractivity contribution in [1.82, 2.24) is 0 Å². The number of hydrogen-bond acceptors (Lipinski definition) is 1. The molecule has 0 radical (unpaired) electrons. The predicted octanol–water partition coefficient (Wildman–Crippen LogP) is 7.89. The van der Waals surface area contributed by atoms with Gasteiger partial charge in [0.25, 0.3) is 0 Å². The summed E-state index contributed by atoms with van der Waals surface area (Å²) < 4.78 is 0. The summed E-state index contributed by atoms with van der Waals surface area (Å²) in [6, 6.07) is 34.6. The maximum absolute atomic E-state index is 2.29. The molecule has 128 valence electrons. The van der Waals surface area contributed by atoms with Crippen molar-refractivity contribution in [2.24, 2.45) is 0 Å². The zero-order valence-electron chi connectivity index (χ0n) is 14.8. The SMILES string of the molecule is C(=Cc1ccc(-c2c3ccccc3cc3ccccc23)s1)c1ccccc1. The Morgan fingerprint density at radius 2 is 1.19 bits per heavy atom. The normalized spacial score (nSPS) is 11.6. The van der Waals surface area contributed by atoms with E-state index in [1.807, 2.05) is 17.4 Å². The van der Waals surface area contributed by atoms with E-state index in [1.54, 1.807) is 0 Å². The number of fused-ring (bicyclic) bond motifs is 2. The summed E-state index contributed by atoms with van der Waals surface area (Å²) in [5.74, 6) is 0. The molecule has 4 aromatic carbocycles. The third-order valence-electron chi connectivity index (χ3n) is 4.88. The van der Waals surface area contributed by atoms with Crippen molar-refractivity contribution < 1.29 is 0 Å². The van der Waals surface area contributed by atoms with Crippen molar-refractivity contribution in [1.29, 1.82) is 0 Å². The Kier molecular flexibility index (Phi) is 4.08. The summed E-state index contributed by atoms with van der Waals surface area (Å²) in [6.07, 6.45) is 4.38. The third kappa shape index (κ3) is 3.07. The van der Waals surface area contributed by atoms with E-state index in [9.17, 15) is 0 Å². The molecule has 0 N–H and O–H groups in total. The van der Waals surface area contributed by atoms with E-state index < -0.39 is 0 Å². The Morgan fingerprint density at radius 1 is 0.556 bits per heavy atom. The van der Waals surface area contributed by atoms with Gasteiger partial charge in [-0.2, -0.15) is 0 Å². The second-order valence-electron chi connectivity index (χ2n) is 6.64. The van der Waals surface area contributed by atoms with Gasteiger partial charge < -0.3 is 0 Å². The smallest absolute Gasteiger partial charge is 0.0361 e. The number of rotatable bonds is 3. The Labute approximate surface area is 163 Å². The van der Waals surface area contributed by atoms with Crippen LogP contribution in [0.15, 0.2) is 97.1 Å². The van der Waals surface area contributed by atoms with E-state index in [-0.39, 0.29) is 0 Å². The van der Waals surface area contributed by atoms with E-state index >= 15 is 0 Å². The summed E-state index contributed by atoms with van der Waals surface area (Å²) in [6.45, 7) is 0. The van der Waals surface area contributed by atoms with Crippen LogP contribution in [0.3, 0.4) is 0 Å². The molecular weight excluding hydrogens is 344 g/mol. The minimum atomic E-state index is 1.23. The van der Waals surface area contributed by atoms with Crippen LogP contribution in [-0.2, 0) is 0 Å². The van der Waals surface area contributed by atoms with Gasteiger partial charge in [-0.3, -0.25) is 0 Å². The largest absolute Gasteiger partial charge is 0.136 e. The first-order valence-corrected chi connectivity index (χ1v) is 9.94. The van der Waals surface area contributed by atoms with Crippen molar-refractivity contribution in [3.63, 3.8) is 0 Å². The number of thiophene rings is 1. The second-order valence-corrected chi connectivity index (χ2v) is 7.76. The molecule has 0 aliphatic heterocycles. The van der Waals surface area contributed by atoms with Gasteiger partial charge in [0.05, 0.1) is 0 Å². The van der Waals surface area contributed by atoms with Crippen LogP contribution in [0, 0.1) is 0 Å². The average molecular weight is 362 g/mol. The standard InChI is InChI=1S/C26H18S/c1-2-8-19(9-3-1)14-15-22-16-17-25(27-22)26-23-12-6-4-10-20(23)18-21-11-5-7-13-24(21)26/h1-18H. The zero-order valence-corrected chi connectivity index (χ0v) is 15.6. The van der Waals surface area contributed by atoms with Gasteiger partial charge in [-0.1, -0.05) is 84.9 Å². The maximum Gasteiger partial charge on any atom is 0.0361 e. The molecular formula is C26H18S. The fourth-order valence-corrected chi connectivity index (χ4v) is 4.58. The van der Waals surface area contributed by atoms with E-state index in [0.29, 0.717) is 0 Å². The van der Waals surface area contributed by atoms with Crippen LogP contribution < -0.4 is 0 Å². The molecule has 0 unspecified atom stereocenters. The van der Waals surface area contributed by atoms with Crippen LogP contribution in [0.1, 0.15) is 10.4 Å². The van der Waals surface area contributed by atoms with E-state index in [2.05, 4.69) is 103 Å². The highest BCUT2D eigenvalue weighted by atomic mass is 32.1. The third-order valence-corrected chi connectivity index (χ3v) is 5.95. The lowest BCUT2D eigenvalue weighted by Crippen LogP contribution is -1.82. The van der Waals surface area contributed by atoms with Crippen molar-refractivity contribution in [2.75, 3.05) is 0 Å². The molecule has 0 saturated carbocycles. The molecule has 1 aromatic heterocycles. The minimum Gasteiger partial charge on any atom is -0.136 e. The minimum absolute atomic E-state index is 1.23. The molecule has 1 heterocycles. The van der Waals surface area contributed by atoms with Gasteiger partial charge in [0.1, 0.15) is 0 Å². The summed E-state index contributed by atoms with van der Waals surface area (Å²) in [5, 5.41) is 5.22. The van der Waals surface area contributed by atoms with Gasteiger partial charge in [0.2, 0.25) is 0 Å². The lowest BCUT2D eigenvalue weighted by atomic mass is 9.96. The molecule has 0 saturated heterocycles. The molecule has 27 heavy (non-hydrogen) atoms. The van der Waals surface area contributed by atoms with Gasteiger partial charge in [-0.05, 0) is 51.4 Å². The molecule has 0 nitrogen and oxygen atoms in total. The van der Waals surface area contributed by atoms with Crippen molar-refractivity contribution >= 4 is 45.0 Å². The fraction of sp³-hybridized carbons (Fsp3) is 0. The van der Waals surface area contributed by atoms with E-state index in [4.69, 9.17) is 0 Å². The highest BCUT2D eigenvalue weighted by Gasteiger charge is 2.11. The lowest BCUT2D eigenvalue weighted by molar-refractivity contribution is 1.67. The Balaban J connectivity index is 1.65. The van der Waals surface area contributed by atoms with Crippen molar-refractivity contribution in [2.45, 2.75) is 0 Å². The molecule has 5 rings (SSSR count). The maximum atomic E-state index is 2.29.